The van der Waals surface area contributed by atoms with E-state index < -0.39 is 0 Å². The van der Waals surface area contributed by atoms with E-state index in [4.69, 9.17) is 0 Å². The van der Waals surface area contributed by atoms with E-state index in [2.05, 4.69) is 70.7 Å². The van der Waals surface area contributed by atoms with E-state index in [-0.39, 0.29) is 9.52 Å². The Morgan fingerprint density at radius 3 is 2.09 bits per heavy atom. The van der Waals surface area contributed by atoms with Crippen LogP contribution in [-0.4, -0.2) is 24.3 Å². The van der Waals surface area contributed by atoms with Crippen molar-refractivity contribution in [3.8, 4) is 0 Å². The van der Waals surface area contributed by atoms with Crippen molar-refractivity contribution >= 4 is 9.52 Å². The fourth-order valence-electron chi connectivity index (χ4n) is 2.87. The first-order chi connectivity index (χ1) is 10.9. The zero-order valence-electron chi connectivity index (χ0n) is 12.7. The summed E-state index contributed by atoms with van der Waals surface area (Å²) in [5.74, 6) is 0.505. The molecule has 0 amide bonds. The molecule has 22 heavy (non-hydrogen) atoms. The Morgan fingerprint density at radius 2 is 1.55 bits per heavy atom. The third-order valence-electron chi connectivity index (χ3n) is 4.00. The summed E-state index contributed by atoms with van der Waals surface area (Å²) in [5, 5.41) is 4.19. The summed E-state index contributed by atoms with van der Waals surface area (Å²) in [6.45, 7) is 0. The molecule has 112 valence electrons. The van der Waals surface area contributed by atoms with Gasteiger partial charge in [-0.05, 0) is 17.5 Å². The van der Waals surface area contributed by atoms with Crippen LogP contribution in [0.3, 0.4) is 0 Å². The number of aromatic nitrogens is 3. The average Bonchev–Trinajstić information content (AvgIpc) is 3.10. The highest BCUT2D eigenvalue weighted by atomic mass is 28.2. The van der Waals surface area contributed by atoms with E-state index in [0.717, 1.165) is 6.17 Å². The van der Waals surface area contributed by atoms with Crippen molar-refractivity contribution in [3.05, 3.63) is 84.4 Å². The van der Waals surface area contributed by atoms with E-state index in [1.54, 1.807) is 6.33 Å². The minimum absolute atomic E-state index is 0.150. The Kier molecular flexibility index (Phi) is 5.16. The highest BCUT2D eigenvalue weighted by Gasteiger charge is 2.13. The molecule has 0 atom stereocenters. The van der Waals surface area contributed by atoms with Crippen LogP contribution in [0.15, 0.2) is 73.3 Å². The second-order valence-corrected chi connectivity index (χ2v) is 7.39. The molecule has 3 rings (SSSR count). The van der Waals surface area contributed by atoms with Gasteiger partial charge in [0.05, 0.1) is 0 Å². The first kappa shape index (κ1) is 14.7. The third kappa shape index (κ3) is 3.92. The topological polar surface area (TPSA) is 30.7 Å². The fourth-order valence-corrected chi connectivity index (χ4v) is 4.34. The smallest absolute Gasteiger partial charge is 0.137 e. The number of hydrogen-bond acceptors (Lipinski definition) is 2. The van der Waals surface area contributed by atoms with Gasteiger partial charge in [-0.15, -0.1) is 0 Å². The van der Waals surface area contributed by atoms with Crippen molar-refractivity contribution in [2.24, 2.45) is 0 Å². The standard InChI is InChI=1S/C18H21N3Si/c1-3-7-16(8-4-1)18(17-9-5-2-6-10-17)11-12-22-15-21-14-19-13-20-21/h1-10,13-14,18H,11-12,15,22H2. The molecule has 3 aromatic rings. The number of rotatable bonds is 7. The first-order valence-electron chi connectivity index (χ1n) is 7.86. The van der Waals surface area contributed by atoms with Gasteiger partial charge < -0.3 is 0 Å². The van der Waals surface area contributed by atoms with Gasteiger partial charge in [0.25, 0.3) is 0 Å². The molecular weight excluding hydrogens is 286 g/mol. The predicted octanol–water partition coefficient (Wildman–Crippen LogP) is 3.04. The monoisotopic (exact) mass is 307 g/mol. The van der Waals surface area contributed by atoms with Crippen LogP contribution in [0.5, 0.6) is 0 Å². The van der Waals surface area contributed by atoms with Gasteiger partial charge in [0.1, 0.15) is 12.7 Å². The van der Waals surface area contributed by atoms with Crippen LogP contribution < -0.4 is 0 Å². The summed E-state index contributed by atoms with van der Waals surface area (Å²) in [5.41, 5.74) is 2.84. The normalized spacial score (nSPS) is 11.5. The molecular formula is C18H21N3Si. The van der Waals surface area contributed by atoms with Crippen LogP contribution in [0, 0.1) is 0 Å². The molecule has 0 aliphatic carbocycles. The van der Waals surface area contributed by atoms with Gasteiger partial charge in [-0.2, -0.15) is 5.10 Å². The Labute approximate surface area is 133 Å². The molecule has 0 fully saturated rings. The van der Waals surface area contributed by atoms with Crippen LogP contribution in [0.25, 0.3) is 0 Å². The van der Waals surface area contributed by atoms with Gasteiger partial charge >= 0.3 is 0 Å². The van der Waals surface area contributed by atoms with Gasteiger partial charge in [0.2, 0.25) is 0 Å². The Hall–Kier alpha value is -2.20. The predicted molar refractivity (Wildman–Crippen MR) is 92.7 cm³/mol. The van der Waals surface area contributed by atoms with Crippen molar-refractivity contribution < 1.29 is 0 Å². The molecule has 0 aliphatic rings. The average molecular weight is 307 g/mol. The largest absolute Gasteiger partial charge is 0.257 e. The molecule has 1 aromatic heterocycles. The van der Waals surface area contributed by atoms with E-state index in [1.807, 2.05) is 11.0 Å². The molecule has 0 unspecified atom stereocenters. The van der Waals surface area contributed by atoms with Crippen molar-refractivity contribution in [1.82, 2.24) is 14.8 Å². The zero-order chi connectivity index (χ0) is 15.0. The Balaban J connectivity index is 1.64. The lowest BCUT2D eigenvalue weighted by atomic mass is 9.89. The summed E-state index contributed by atoms with van der Waals surface area (Å²) < 4.78 is 1.96. The van der Waals surface area contributed by atoms with Crippen molar-refractivity contribution in [1.29, 1.82) is 0 Å². The Bertz CT molecular complexity index is 614. The molecule has 0 saturated carbocycles. The van der Waals surface area contributed by atoms with Crippen molar-refractivity contribution in [2.75, 3.05) is 0 Å². The SMILES string of the molecule is c1ccc(C(CC[SiH2]Cn2cncn2)c2ccccc2)cc1. The number of benzene rings is 2. The van der Waals surface area contributed by atoms with E-state index in [0.29, 0.717) is 5.92 Å². The van der Waals surface area contributed by atoms with E-state index in [1.165, 1.54) is 23.6 Å². The molecule has 1 heterocycles. The van der Waals surface area contributed by atoms with Gasteiger partial charge in [0.15, 0.2) is 0 Å². The lowest BCUT2D eigenvalue weighted by molar-refractivity contribution is 0.721. The number of nitrogens with zero attached hydrogens (tertiary/aromatic N) is 3. The van der Waals surface area contributed by atoms with Crippen LogP contribution in [0.2, 0.25) is 6.04 Å². The highest BCUT2D eigenvalue weighted by Crippen LogP contribution is 2.29. The minimum atomic E-state index is -0.150. The van der Waals surface area contributed by atoms with E-state index in [9.17, 15) is 0 Å². The lowest BCUT2D eigenvalue weighted by Crippen LogP contribution is -2.08. The van der Waals surface area contributed by atoms with Gasteiger partial charge in [-0.3, -0.25) is 4.68 Å². The molecule has 3 nitrogen and oxygen atoms in total. The summed E-state index contributed by atoms with van der Waals surface area (Å²) in [6, 6.07) is 23.0. The lowest BCUT2D eigenvalue weighted by Gasteiger charge is -2.18. The molecule has 0 radical (unpaired) electrons. The fraction of sp³-hybridized carbons (Fsp3) is 0.222. The van der Waals surface area contributed by atoms with Crippen molar-refractivity contribution in [3.63, 3.8) is 0 Å². The second-order valence-electron chi connectivity index (χ2n) is 5.53. The summed E-state index contributed by atoms with van der Waals surface area (Å²) >= 11 is 0. The van der Waals surface area contributed by atoms with Crippen LogP contribution in [0.4, 0.5) is 0 Å². The van der Waals surface area contributed by atoms with Gasteiger partial charge in [-0.1, -0.05) is 66.7 Å². The van der Waals surface area contributed by atoms with Gasteiger partial charge in [0, 0.05) is 21.6 Å². The minimum Gasteiger partial charge on any atom is -0.257 e. The van der Waals surface area contributed by atoms with E-state index >= 15 is 0 Å². The summed E-state index contributed by atoms with van der Waals surface area (Å²) in [7, 11) is -0.150. The molecule has 0 aliphatic heterocycles. The Morgan fingerprint density at radius 1 is 0.909 bits per heavy atom. The molecule has 0 N–H and O–H groups in total. The quantitative estimate of drug-likeness (QED) is 0.496. The van der Waals surface area contributed by atoms with Crippen LogP contribution in [0.1, 0.15) is 23.5 Å². The van der Waals surface area contributed by atoms with Crippen LogP contribution >= 0.6 is 0 Å². The zero-order valence-corrected chi connectivity index (χ0v) is 14.1. The maximum atomic E-state index is 4.19. The van der Waals surface area contributed by atoms with Gasteiger partial charge in [-0.25, -0.2) is 4.98 Å². The second kappa shape index (κ2) is 7.71. The third-order valence-corrected chi connectivity index (χ3v) is 5.68. The number of hydrogen-bond donors (Lipinski definition) is 0. The van der Waals surface area contributed by atoms with Crippen molar-refractivity contribution in [2.45, 2.75) is 24.6 Å². The first-order valence-corrected chi connectivity index (χ1v) is 9.86. The molecule has 2 aromatic carbocycles. The maximum absolute atomic E-state index is 4.19. The molecule has 4 heteroatoms. The summed E-state index contributed by atoms with van der Waals surface area (Å²) in [4.78, 5) is 4.01. The maximum Gasteiger partial charge on any atom is 0.137 e. The molecule has 0 saturated heterocycles. The molecule has 0 bridgehead atoms. The highest BCUT2D eigenvalue weighted by molar-refractivity contribution is 6.33. The molecule has 0 spiro atoms. The summed E-state index contributed by atoms with van der Waals surface area (Å²) in [6.07, 6.45) is 5.73. The van der Waals surface area contributed by atoms with Crippen LogP contribution in [-0.2, 0) is 6.17 Å².